The maximum absolute atomic E-state index is 5.96. The lowest BCUT2D eigenvalue weighted by Crippen LogP contribution is -1.90. The lowest BCUT2D eigenvalue weighted by Gasteiger charge is -2.05. The van der Waals surface area contributed by atoms with Gasteiger partial charge in [0.25, 0.3) is 0 Å². The molecule has 66 valence electrons. The second kappa shape index (κ2) is 4.74. The summed E-state index contributed by atoms with van der Waals surface area (Å²) < 4.78 is 0. The first-order chi connectivity index (χ1) is 5.75. The normalized spacial score (nSPS) is 10.2. The first-order valence-corrected chi connectivity index (χ1v) is 4.97. The molecule has 2 heteroatoms. The summed E-state index contributed by atoms with van der Waals surface area (Å²) in [5.74, 6) is 0.714. The summed E-state index contributed by atoms with van der Waals surface area (Å²) in [6.07, 6.45) is 2.04. The molecule has 0 unspecified atom stereocenters. The fourth-order valence-corrected chi connectivity index (χ4v) is 1.51. The number of rotatable bonds is 3. The third kappa shape index (κ3) is 2.40. The predicted molar refractivity (Wildman–Crippen MR) is 55.2 cm³/mol. The van der Waals surface area contributed by atoms with Gasteiger partial charge in [0.15, 0.2) is 0 Å². The summed E-state index contributed by atoms with van der Waals surface area (Å²) in [4.78, 5) is 0. The molecule has 0 aliphatic heterocycles. The molecule has 1 aromatic carbocycles. The molecule has 0 saturated carbocycles. The Morgan fingerprint density at radius 3 is 2.75 bits per heavy atom. The zero-order chi connectivity index (χ0) is 8.97. The van der Waals surface area contributed by atoms with E-state index in [2.05, 4.69) is 6.07 Å². The predicted octanol–water partition coefficient (Wildman–Crippen LogP) is 3.82. The second-order valence-electron chi connectivity index (χ2n) is 2.82. The van der Waals surface area contributed by atoms with Crippen molar-refractivity contribution in [2.75, 3.05) is 5.88 Å². The van der Waals surface area contributed by atoms with Crippen molar-refractivity contribution in [2.45, 2.75) is 19.8 Å². The van der Waals surface area contributed by atoms with Gasteiger partial charge in [-0.3, -0.25) is 0 Å². The molecule has 0 heterocycles. The van der Waals surface area contributed by atoms with Gasteiger partial charge in [-0.25, -0.2) is 0 Å². The molecule has 0 aliphatic rings. The minimum Gasteiger partial charge on any atom is -0.127 e. The van der Waals surface area contributed by atoms with Crippen LogP contribution in [0.5, 0.6) is 0 Å². The van der Waals surface area contributed by atoms with Crippen LogP contribution in [0.4, 0.5) is 0 Å². The molecule has 0 bridgehead atoms. The van der Waals surface area contributed by atoms with E-state index in [9.17, 15) is 0 Å². The van der Waals surface area contributed by atoms with Gasteiger partial charge in [0.2, 0.25) is 0 Å². The average Bonchev–Trinajstić information content (AvgIpc) is 2.08. The van der Waals surface area contributed by atoms with Gasteiger partial charge < -0.3 is 0 Å². The van der Waals surface area contributed by atoms with Crippen LogP contribution in [0.15, 0.2) is 18.2 Å². The van der Waals surface area contributed by atoms with Crippen molar-refractivity contribution < 1.29 is 0 Å². The molecule has 0 aromatic heterocycles. The third-order valence-corrected chi connectivity index (χ3v) is 2.64. The Morgan fingerprint density at radius 1 is 1.33 bits per heavy atom. The molecule has 1 rings (SSSR count). The molecule has 0 nitrogen and oxygen atoms in total. The van der Waals surface area contributed by atoms with Gasteiger partial charge in [0.05, 0.1) is 0 Å². The topological polar surface area (TPSA) is 0 Å². The molecule has 0 fully saturated rings. The molecule has 0 spiro atoms. The molecular weight excluding hydrogens is 191 g/mol. The van der Waals surface area contributed by atoms with Crippen LogP contribution in [0.25, 0.3) is 0 Å². The van der Waals surface area contributed by atoms with Crippen molar-refractivity contribution >= 4 is 23.2 Å². The quantitative estimate of drug-likeness (QED) is 0.655. The maximum Gasteiger partial charge on any atom is 0.0437 e. The van der Waals surface area contributed by atoms with E-state index in [1.165, 1.54) is 11.1 Å². The van der Waals surface area contributed by atoms with E-state index in [-0.39, 0.29) is 0 Å². The van der Waals surface area contributed by atoms with E-state index >= 15 is 0 Å². The molecule has 0 saturated heterocycles. The highest BCUT2D eigenvalue weighted by Gasteiger charge is 2.00. The van der Waals surface area contributed by atoms with Crippen LogP contribution in [0, 0.1) is 6.92 Å². The average molecular weight is 203 g/mol. The highest BCUT2D eigenvalue weighted by atomic mass is 35.5. The Labute approximate surface area is 83.5 Å². The van der Waals surface area contributed by atoms with Gasteiger partial charge >= 0.3 is 0 Å². The Hall–Kier alpha value is -0.200. The maximum atomic E-state index is 5.96. The molecule has 1 aromatic rings. The van der Waals surface area contributed by atoms with E-state index in [1.54, 1.807) is 0 Å². The minimum atomic E-state index is 0.714. The zero-order valence-corrected chi connectivity index (χ0v) is 8.62. The molecule has 0 radical (unpaired) electrons. The van der Waals surface area contributed by atoms with Crippen molar-refractivity contribution in [1.82, 2.24) is 0 Å². The van der Waals surface area contributed by atoms with E-state index < -0.39 is 0 Å². The Balaban J connectivity index is 2.78. The Kier molecular flexibility index (Phi) is 3.90. The smallest absolute Gasteiger partial charge is 0.0437 e. The monoisotopic (exact) mass is 202 g/mol. The van der Waals surface area contributed by atoms with Crippen LogP contribution in [0.2, 0.25) is 5.02 Å². The van der Waals surface area contributed by atoms with Crippen LogP contribution < -0.4 is 0 Å². The minimum absolute atomic E-state index is 0.714. The Morgan fingerprint density at radius 2 is 2.08 bits per heavy atom. The highest BCUT2D eigenvalue weighted by molar-refractivity contribution is 6.31. The molecule has 0 N–H and O–H groups in total. The van der Waals surface area contributed by atoms with Gasteiger partial charge in [0.1, 0.15) is 0 Å². The largest absolute Gasteiger partial charge is 0.127 e. The fourth-order valence-electron chi connectivity index (χ4n) is 1.18. The van der Waals surface area contributed by atoms with E-state index in [0.717, 1.165) is 17.9 Å². The second-order valence-corrected chi connectivity index (χ2v) is 3.60. The standard InChI is InChI=1S/C10H12Cl2/c1-8-9(5-3-7-11)4-2-6-10(8)12/h2,4,6H,3,5,7H2,1H3. The number of halogens is 2. The van der Waals surface area contributed by atoms with Gasteiger partial charge in [-0.15, -0.1) is 11.6 Å². The summed E-state index contributed by atoms with van der Waals surface area (Å²) in [6, 6.07) is 6.01. The van der Waals surface area contributed by atoms with Gasteiger partial charge in [0, 0.05) is 10.9 Å². The zero-order valence-electron chi connectivity index (χ0n) is 7.11. The van der Waals surface area contributed by atoms with Crippen molar-refractivity contribution in [3.63, 3.8) is 0 Å². The van der Waals surface area contributed by atoms with Gasteiger partial charge in [-0.05, 0) is 37.0 Å². The molecule has 0 amide bonds. The summed E-state index contributed by atoms with van der Waals surface area (Å²) in [5.41, 5.74) is 2.49. The molecular formula is C10H12Cl2. The van der Waals surface area contributed by atoms with Crippen LogP contribution >= 0.6 is 23.2 Å². The summed E-state index contributed by atoms with van der Waals surface area (Å²) >= 11 is 11.6. The number of alkyl halides is 1. The molecule has 0 atom stereocenters. The van der Waals surface area contributed by atoms with Crippen LogP contribution in [0.3, 0.4) is 0 Å². The van der Waals surface area contributed by atoms with Crippen LogP contribution in [-0.4, -0.2) is 5.88 Å². The van der Waals surface area contributed by atoms with Crippen LogP contribution in [-0.2, 0) is 6.42 Å². The Bertz CT molecular complexity index is 256. The van der Waals surface area contributed by atoms with Crippen molar-refractivity contribution in [3.05, 3.63) is 34.3 Å². The van der Waals surface area contributed by atoms with Gasteiger partial charge in [-0.2, -0.15) is 0 Å². The number of hydrogen-bond donors (Lipinski definition) is 0. The lowest BCUT2D eigenvalue weighted by atomic mass is 10.0. The summed E-state index contributed by atoms with van der Waals surface area (Å²) in [7, 11) is 0. The number of benzene rings is 1. The third-order valence-electron chi connectivity index (χ3n) is 1.96. The fraction of sp³-hybridized carbons (Fsp3) is 0.400. The van der Waals surface area contributed by atoms with Crippen LogP contribution in [0.1, 0.15) is 17.5 Å². The SMILES string of the molecule is Cc1c(Cl)cccc1CCCCl. The van der Waals surface area contributed by atoms with E-state index in [1.807, 2.05) is 19.1 Å². The summed E-state index contributed by atoms with van der Waals surface area (Å²) in [5, 5.41) is 0.849. The first kappa shape index (κ1) is 9.88. The molecule has 12 heavy (non-hydrogen) atoms. The summed E-state index contributed by atoms with van der Waals surface area (Å²) in [6.45, 7) is 2.05. The van der Waals surface area contributed by atoms with E-state index in [0.29, 0.717) is 5.88 Å². The molecule has 0 aliphatic carbocycles. The lowest BCUT2D eigenvalue weighted by molar-refractivity contribution is 0.919. The number of aryl methyl sites for hydroxylation is 1. The van der Waals surface area contributed by atoms with Crippen molar-refractivity contribution in [2.24, 2.45) is 0 Å². The van der Waals surface area contributed by atoms with Crippen molar-refractivity contribution in [3.8, 4) is 0 Å². The van der Waals surface area contributed by atoms with Crippen molar-refractivity contribution in [1.29, 1.82) is 0 Å². The number of hydrogen-bond acceptors (Lipinski definition) is 0. The highest BCUT2D eigenvalue weighted by Crippen LogP contribution is 2.19. The van der Waals surface area contributed by atoms with E-state index in [4.69, 9.17) is 23.2 Å². The van der Waals surface area contributed by atoms with Gasteiger partial charge in [-0.1, -0.05) is 23.7 Å². The first-order valence-electron chi connectivity index (χ1n) is 4.05.